The van der Waals surface area contributed by atoms with Crippen molar-refractivity contribution in [3.05, 3.63) is 29.3 Å². The third kappa shape index (κ3) is 3.88. The first-order valence-electron chi connectivity index (χ1n) is 9.22. The molecule has 27 heavy (non-hydrogen) atoms. The van der Waals surface area contributed by atoms with Crippen molar-refractivity contribution in [2.75, 3.05) is 12.3 Å². The maximum atomic E-state index is 12.6. The fourth-order valence-corrected chi connectivity index (χ4v) is 3.92. The lowest BCUT2D eigenvalue weighted by Crippen LogP contribution is -2.47. The zero-order valence-corrected chi connectivity index (χ0v) is 16.5. The molecule has 3 rings (SSSR count). The van der Waals surface area contributed by atoms with Gasteiger partial charge < -0.3 is 16.4 Å². The van der Waals surface area contributed by atoms with E-state index in [1.807, 2.05) is 32.0 Å². The maximum absolute atomic E-state index is 12.6. The number of benzene rings is 1. The lowest BCUT2D eigenvalue weighted by Gasteiger charge is -2.27. The molecule has 1 aliphatic carbocycles. The van der Waals surface area contributed by atoms with E-state index < -0.39 is 11.6 Å². The van der Waals surface area contributed by atoms with Gasteiger partial charge in [0.2, 0.25) is 5.91 Å². The van der Waals surface area contributed by atoms with Crippen LogP contribution in [0.1, 0.15) is 56.7 Å². The Hall–Kier alpha value is -2.28. The average molecular weight is 395 g/mol. The SMILES string of the molecule is CCC1(CC)NC(=O)N(CC(=O)NC2CCCc3cc(N)ccc32)C1=O.Cl. The van der Waals surface area contributed by atoms with Crippen molar-refractivity contribution in [3.63, 3.8) is 0 Å². The molecule has 1 fully saturated rings. The predicted octanol–water partition coefficient (Wildman–Crippen LogP) is 2.29. The highest BCUT2D eigenvalue weighted by atomic mass is 35.5. The van der Waals surface area contributed by atoms with Crippen LogP contribution in [-0.4, -0.2) is 34.8 Å². The van der Waals surface area contributed by atoms with Crippen molar-refractivity contribution in [2.45, 2.75) is 57.5 Å². The second-order valence-electron chi connectivity index (χ2n) is 7.08. The summed E-state index contributed by atoms with van der Waals surface area (Å²) in [7, 11) is 0. The van der Waals surface area contributed by atoms with Gasteiger partial charge in [0.05, 0.1) is 6.04 Å². The van der Waals surface area contributed by atoms with Crippen LogP contribution >= 0.6 is 12.4 Å². The molecule has 1 saturated heterocycles. The van der Waals surface area contributed by atoms with E-state index in [0.717, 1.165) is 35.3 Å². The van der Waals surface area contributed by atoms with Crippen LogP contribution in [0.5, 0.6) is 0 Å². The molecule has 1 aliphatic heterocycles. The molecule has 0 bridgehead atoms. The van der Waals surface area contributed by atoms with Crippen molar-refractivity contribution in [2.24, 2.45) is 0 Å². The number of nitrogens with two attached hydrogens (primary N) is 1. The number of anilines is 1. The van der Waals surface area contributed by atoms with E-state index in [2.05, 4.69) is 10.6 Å². The Bertz CT molecular complexity index is 748. The standard InChI is InChI=1S/C19H26N4O3.ClH/c1-3-19(4-2)17(25)23(18(26)22-19)11-16(24)21-15-7-5-6-12-10-13(20)8-9-14(12)15;/h8-10,15H,3-7,11,20H2,1-2H3,(H,21,24)(H,22,26);1H. The van der Waals surface area contributed by atoms with Gasteiger partial charge in [0.1, 0.15) is 12.1 Å². The molecule has 2 aliphatic rings. The Balaban J connectivity index is 0.00000261. The summed E-state index contributed by atoms with van der Waals surface area (Å²) in [5.41, 5.74) is 7.88. The summed E-state index contributed by atoms with van der Waals surface area (Å²) in [6, 6.07) is 5.11. The van der Waals surface area contributed by atoms with E-state index >= 15 is 0 Å². The highest BCUT2D eigenvalue weighted by Gasteiger charge is 2.49. The lowest BCUT2D eigenvalue weighted by atomic mass is 9.87. The first-order chi connectivity index (χ1) is 12.4. The van der Waals surface area contributed by atoms with Gasteiger partial charge in [-0.05, 0) is 55.4 Å². The van der Waals surface area contributed by atoms with Gasteiger partial charge in [-0.3, -0.25) is 14.5 Å². The highest BCUT2D eigenvalue weighted by molar-refractivity contribution is 6.09. The molecule has 1 aromatic carbocycles. The van der Waals surface area contributed by atoms with Crippen molar-refractivity contribution < 1.29 is 14.4 Å². The Labute approximate surface area is 165 Å². The van der Waals surface area contributed by atoms with Crippen molar-refractivity contribution in [1.82, 2.24) is 15.5 Å². The van der Waals surface area contributed by atoms with Crippen LogP contribution in [0.4, 0.5) is 10.5 Å². The number of nitrogens with one attached hydrogen (secondary N) is 2. The molecule has 0 radical (unpaired) electrons. The van der Waals surface area contributed by atoms with Gasteiger partial charge in [-0.15, -0.1) is 12.4 Å². The Morgan fingerprint density at radius 1 is 1.33 bits per heavy atom. The molecule has 0 spiro atoms. The van der Waals surface area contributed by atoms with E-state index in [-0.39, 0.29) is 36.8 Å². The third-order valence-electron chi connectivity index (χ3n) is 5.57. The lowest BCUT2D eigenvalue weighted by molar-refractivity contribution is -0.135. The molecule has 1 unspecified atom stereocenters. The number of nitrogens with zero attached hydrogens (tertiary/aromatic N) is 1. The summed E-state index contributed by atoms with van der Waals surface area (Å²) in [5.74, 6) is -0.648. The number of carbonyl (C=O) groups excluding carboxylic acids is 3. The van der Waals surface area contributed by atoms with E-state index in [9.17, 15) is 14.4 Å². The zero-order chi connectivity index (χ0) is 18.9. The number of hydrogen-bond acceptors (Lipinski definition) is 4. The second-order valence-corrected chi connectivity index (χ2v) is 7.08. The molecule has 0 saturated carbocycles. The van der Waals surface area contributed by atoms with Crippen LogP contribution in [-0.2, 0) is 16.0 Å². The number of aryl methyl sites for hydroxylation is 1. The van der Waals surface area contributed by atoms with Crippen LogP contribution in [0.3, 0.4) is 0 Å². The van der Waals surface area contributed by atoms with Gasteiger partial charge in [-0.2, -0.15) is 0 Å². The topological polar surface area (TPSA) is 105 Å². The van der Waals surface area contributed by atoms with Crippen LogP contribution < -0.4 is 16.4 Å². The summed E-state index contributed by atoms with van der Waals surface area (Å²) < 4.78 is 0. The van der Waals surface area contributed by atoms with Crippen LogP contribution in [0.2, 0.25) is 0 Å². The third-order valence-corrected chi connectivity index (χ3v) is 5.57. The van der Waals surface area contributed by atoms with Crippen molar-refractivity contribution >= 4 is 35.9 Å². The predicted molar refractivity (Wildman–Crippen MR) is 105 cm³/mol. The monoisotopic (exact) mass is 394 g/mol. The fourth-order valence-electron chi connectivity index (χ4n) is 3.92. The Kier molecular flexibility index (Phi) is 6.36. The second kappa shape index (κ2) is 8.17. The minimum Gasteiger partial charge on any atom is -0.399 e. The summed E-state index contributed by atoms with van der Waals surface area (Å²) in [5, 5.41) is 5.71. The molecule has 7 nitrogen and oxygen atoms in total. The molecule has 1 atom stereocenters. The quantitative estimate of drug-likeness (QED) is 0.526. The number of nitrogen functional groups attached to an aromatic ring is 1. The van der Waals surface area contributed by atoms with Crippen molar-refractivity contribution in [1.29, 1.82) is 0 Å². The molecule has 148 valence electrons. The smallest absolute Gasteiger partial charge is 0.325 e. The fraction of sp³-hybridized carbons (Fsp3) is 0.526. The minimum atomic E-state index is -0.883. The number of imide groups is 1. The number of rotatable bonds is 5. The van der Waals surface area contributed by atoms with Gasteiger partial charge in [-0.1, -0.05) is 19.9 Å². The number of urea groups is 1. The van der Waals surface area contributed by atoms with Gasteiger partial charge in [0.25, 0.3) is 5.91 Å². The number of fused-ring (bicyclic) bond motifs is 1. The molecular formula is C19H27ClN4O3. The zero-order valence-electron chi connectivity index (χ0n) is 15.7. The molecular weight excluding hydrogens is 368 g/mol. The summed E-state index contributed by atoms with van der Waals surface area (Å²) in [6.45, 7) is 3.46. The maximum Gasteiger partial charge on any atom is 0.325 e. The molecule has 0 aromatic heterocycles. The van der Waals surface area contributed by atoms with Gasteiger partial charge in [0.15, 0.2) is 0 Å². The van der Waals surface area contributed by atoms with Crippen LogP contribution in [0.15, 0.2) is 18.2 Å². The number of carbonyl (C=O) groups is 3. The van der Waals surface area contributed by atoms with Crippen molar-refractivity contribution in [3.8, 4) is 0 Å². The number of hydrogen-bond donors (Lipinski definition) is 3. The van der Waals surface area contributed by atoms with E-state index in [1.165, 1.54) is 0 Å². The number of halogens is 1. The first-order valence-corrected chi connectivity index (χ1v) is 9.22. The van der Waals surface area contributed by atoms with Crippen LogP contribution in [0.25, 0.3) is 0 Å². The summed E-state index contributed by atoms with van der Waals surface area (Å²) in [6.07, 6.45) is 3.73. The Morgan fingerprint density at radius 2 is 2.04 bits per heavy atom. The molecule has 4 N–H and O–H groups in total. The van der Waals surface area contributed by atoms with Crippen LogP contribution in [0, 0.1) is 0 Å². The molecule has 1 aromatic rings. The average Bonchev–Trinajstić information content (AvgIpc) is 2.86. The summed E-state index contributed by atoms with van der Waals surface area (Å²) >= 11 is 0. The minimum absolute atomic E-state index is 0. The summed E-state index contributed by atoms with van der Waals surface area (Å²) in [4.78, 5) is 38.3. The molecule has 1 heterocycles. The van der Waals surface area contributed by atoms with Gasteiger partial charge >= 0.3 is 6.03 Å². The molecule has 8 heteroatoms. The first kappa shape index (κ1) is 21.0. The van der Waals surface area contributed by atoms with Gasteiger partial charge in [-0.25, -0.2) is 4.79 Å². The van der Waals surface area contributed by atoms with E-state index in [4.69, 9.17) is 5.73 Å². The normalized spacial score (nSPS) is 20.5. The molecule has 4 amide bonds. The van der Waals surface area contributed by atoms with E-state index in [1.54, 1.807) is 0 Å². The van der Waals surface area contributed by atoms with Gasteiger partial charge in [0, 0.05) is 5.69 Å². The largest absolute Gasteiger partial charge is 0.399 e. The number of amides is 4. The Morgan fingerprint density at radius 3 is 2.67 bits per heavy atom. The van der Waals surface area contributed by atoms with E-state index in [0.29, 0.717) is 18.5 Å². The highest BCUT2D eigenvalue weighted by Crippen LogP contribution is 2.31.